The molecule has 1 amide bonds. The van der Waals surface area contributed by atoms with E-state index >= 15 is 0 Å². The lowest BCUT2D eigenvalue weighted by Gasteiger charge is -2.25. The van der Waals surface area contributed by atoms with Gasteiger partial charge in [-0.2, -0.15) is 0 Å². The van der Waals surface area contributed by atoms with Crippen LogP contribution in [0, 0.1) is 0 Å². The van der Waals surface area contributed by atoms with Gasteiger partial charge in [0.2, 0.25) is 0 Å². The standard InChI is InChI=1S/C9H18N2O3/c1-10(2)5-7-4-8(12)6-11(7)9(13)14-3/h7-8,12H,4-6H2,1-3H3. The number of aliphatic hydroxyl groups excluding tert-OH is 1. The van der Waals surface area contributed by atoms with Crippen molar-refractivity contribution in [2.24, 2.45) is 0 Å². The Kier molecular flexibility index (Phi) is 3.71. The van der Waals surface area contributed by atoms with E-state index in [1.165, 1.54) is 7.11 Å². The normalized spacial score (nSPS) is 27.1. The maximum atomic E-state index is 11.3. The second kappa shape index (κ2) is 4.61. The topological polar surface area (TPSA) is 53.0 Å². The molecule has 1 rings (SSSR count). The van der Waals surface area contributed by atoms with E-state index < -0.39 is 6.10 Å². The van der Waals surface area contributed by atoms with Gasteiger partial charge in [0.15, 0.2) is 0 Å². The molecule has 1 aliphatic rings. The Hall–Kier alpha value is -0.810. The van der Waals surface area contributed by atoms with Gasteiger partial charge in [-0.15, -0.1) is 0 Å². The number of likely N-dealkylation sites (tertiary alicyclic amines) is 1. The van der Waals surface area contributed by atoms with Crippen LogP contribution in [0.4, 0.5) is 4.79 Å². The Morgan fingerprint density at radius 3 is 2.79 bits per heavy atom. The zero-order valence-electron chi connectivity index (χ0n) is 8.93. The number of aliphatic hydroxyl groups is 1. The van der Waals surface area contributed by atoms with Crippen LogP contribution in [-0.2, 0) is 4.74 Å². The van der Waals surface area contributed by atoms with Crippen LogP contribution in [0.3, 0.4) is 0 Å². The fourth-order valence-electron chi connectivity index (χ4n) is 1.83. The second-order valence-electron chi connectivity index (χ2n) is 3.93. The molecule has 0 saturated carbocycles. The van der Waals surface area contributed by atoms with Crippen molar-refractivity contribution in [1.82, 2.24) is 9.80 Å². The van der Waals surface area contributed by atoms with Crippen molar-refractivity contribution in [3.63, 3.8) is 0 Å². The predicted molar refractivity (Wildman–Crippen MR) is 52.1 cm³/mol. The fraction of sp³-hybridized carbons (Fsp3) is 0.889. The lowest BCUT2D eigenvalue weighted by molar-refractivity contribution is 0.108. The number of likely N-dealkylation sites (N-methyl/N-ethyl adjacent to an activating group) is 1. The molecule has 0 aromatic rings. The average Bonchev–Trinajstić information content (AvgIpc) is 2.44. The van der Waals surface area contributed by atoms with Crippen LogP contribution in [-0.4, -0.2) is 67.4 Å². The van der Waals surface area contributed by atoms with Crippen molar-refractivity contribution < 1.29 is 14.6 Å². The molecule has 1 aliphatic heterocycles. The van der Waals surface area contributed by atoms with Gasteiger partial charge in [-0.1, -0.05) is 0 Å². The van der Waals surface area contributed by atoms with Gasteiger partial charge >= 0.3 is 6.09 Å². The zero-order chi connectivity index (χ0) is 10.7. The van der Waals surface area contributed by atoms with Gasteiger partial charge in [-0.3, -0.25) is 0 Å². The third-order valence-corrected chi connectivity index (χ3v) is 2.38. The Morgan fingerprint density at radius 2 is 2.29 bits per heavy atom. The highest BCUT2D eigenvalue weighted by Crippen LogP contribution is 2.19. The van der Waals surface area contributed by atoms with Crippen LogP contribution < -0.4 is 0 Å². The first kappa shape index (κ1) is 11.3. The van der Waals surface area contributed by atoms with Crippen LogP contribution in [0.15, 0.2) is 0 Å². The van der Waals surface area contributed by atoms with Gasteiger partial charge in [0.1, 0.15) is 0 Å². The first-order chi connectivity index (χ1) is 6.54. The summed E-state index contributed by atoms with van der Waals surface area (Å²) >= 11 is 0. The molecule has 82 valence electrons. The molecule has 0 aliphatic carbocycles. The molecule has 5 heteroatoms. The summed E-state index contributed by atoms with van der Waals surface area (Å²) in [6, 6.07) is 0.0625. The van der Waals surface area contributed by atoms with Crippen molar-refractivity contribution in [3.8, 4) is 0 Å². The minimum absolute atomic E-state index is 0.0625. The maximum Gasteiger partial charge on any atom is 0.409 e. The number of carbonyl (C=O) groups excluding carboxylic acids is 1. The molecule has 2 atom stereocenters. The van der Waals surface area contributed by atoms with Crippen LogP contribution >= 0.6 is 0 Å². The summed E-state index contributed by atoms with van der Waals surface area (Å²) in [6.07, 6.45) is -0.139. The van der Waals surface area contributed by atoms with Crippen LogP contribution in [0.25, 0.3) is 0 Å². The molecule has 1 saturated heterocycles. The van der Waals surface area contributed by atoms with Gasteiger partial charge in [0.25, 0.3) is 0 Å². The van der Waals surface area contributed by atoms with Crippen molar-refractivity contribution in [3.05, 3.63) is 0 Å². The summed E-state index contributed by atoms with van der Waals surface area (Å²) in [5.74, 6) is 0. The molecule has 1 N–H and O–H groups in total. The van der Waals surface area contributed by atoms with Crippen LogP contribution in [0.1, 0.15) is 6.42 Å². The molecule has 5 nitrogen and oxygen atoms in total. The first-order valence-corrected chi connectivity index (χ1v) is 4.72. The second-order valence-corrected chi connectivity index (χ2v) is 3.93. The number of hydrogen-bond donors (Lipinski definition) is 1. The molecule has 1 fully saturated rings. The number of hydrogen-bond acceptors (Lipinski definition) is 4. The van der Waals surface area contributed by atoms with E-state index in [1.54, 1.807) is 4.90 Å². The largest absolute Gasteiger partial charge is 0.453 e. The van der Waals surface area contributed by atoms with E-state index in [-0.39, 0.29) is 12.1 Å². The summed E-state index contributed by atoms with van der Waals surface area (Å²) in [4.78, 5) is 14.9. The van der Waals surface area contributed by atoms with Gasteiger partial charge in [0.05, 0.1) is 25.8 Å². The molecule has 0 bridgehead atoms. The Bertz CT molecular complexity index is 208. The highest BCUT2D eigenvalue weighted by Gasteiger charge is 2.34. The zero-order valence-corrected chi connectivity index (χ0v) is 8.93. The highest BCUT2D eigenvalue weighted by atomic mass is 16.5. The lowest BCUT2D eigenvalue weighted by atomic mass is 10.2. The third-order valence-electron chi connectivity index (χ3n) is 2.38. The number of rotatable bonds is 2. The Labute approximate surface area is 84.2 Å². The lowest BCUT2D eigenvalue weighted by Crippen LogP contribution is -2.41. The summed E-state index contributed by atoms with van der Waals surface area (Å²) in [5.41, 5.74) is 0. The van der Waals surface area contributed by atoms with Gasteiger partial charge in [0, 0.05) is 6.54 Å². The molecule has 2 unspecified atom stereocenters. The number of β-amino-alcohol motifs (C(OH)–C–C–N with tert-alkyl or cyclic N) is 1. The number of ether oxygens (including phenoxy) is 1. The molecule has 0 aromatic heterocycles. The number of carbonyl (C=O) groups is 1. The van der Waals surface area contributed by atoms with Crippen LogP contribution in [0.2, 0.25) is 0 Å². The molecule has 1 heterocycles. The first-order valence-electron chi connectivity index (χ1n) is 4.72. The smallest absolute Gasteiger partial charge is 0.409 e. The van der Waals surface area contributed by atoms with E-state index in [0.717, 1.165) is 6.54 Å². The summed E-state index contributed by atoms with van der Waals surface area (Å²) in [5, 5.41) is 9.46. The molecule has 0 spiro atoms. The van der Waals surface area contributed by atoms with E-state index in [4.69, 9.17) is 0 Å². The molecular formula is C9H18N2O3. The van der Waals surface area contributed by atoms with Gasteiger partial charge in [-0.05, 0) is 20.5 Å². The number of methoxy groups -OCH3 is 1. The highest BCUT2D eigenvalue weighted by molar-refractivity contribution is 5.68. The molecule has 0 aromatic carbocycles. The Balaban J connectivity index is 2.58. The minimum Gasteiger partial charge on any atom is -0.453 e. The van der Waals surface area contributed by atoms with E-state index in [0.29, 0.717) is 13.0 Å². The Morgan fingerprint density at radius 1 is 1.64 bits per heavy atom. The summed E-state index contributed by atoms with van der Waals surface area (Å²) < 4.78 is 4.65. The van der Waals surface area contributed by atoms with E-state index in [9.17, 15) is 9.90 Å². The van der Waals surface area contributed by atoms with E-state index in [2.05, 4.69) is 4.74 Å². The van der Waals surface area contributed by atoms with Crippen molar-refractivity contribution in [1.29, 1.82) is 0 Å². The number of nitrogens with zero attached hydrogens (tertiary/aromatic N) is 2. The fourth-order valence-corrected chi connectivity index (χ4v) is 1.83. The van der Waals surface area contributed by atoms with Crippen molar-refractivity contribution >= 4 is 6.09 Å². The predicted octanol–water partition coefficient (Wildman–Crippen LogP) is -0.250. The van der Waals surface area contributed by atoms with Crippen molar-refractivity contribution in [2.75, 3.05) is 34.3 Å². The summed E-state index contributed by atoms with van der Waals surface area (Å²) in [6.45, 7) is 1.14. The monoisotopic (exact) mass is 202 g/mol. The van der Waals surface area contributed by atoms with E-state index in [1.807, 2.05) is 19.0 Å². The minimum atomic E-state index is -0.418. The SMILES string of the molecule is COC(=O)N1CC(O)CC1CN(C)C. The van der Waals surface area contributed by atoms with Gasteiger partial charge in [-0.25, -0.2) is 4.79 Å². The van der Waals surface area contributed by atoms with Crippen molar-refractivity contribution in [2.45, 2.75) is 18.6 Å². The molecule has 14 heavy (non-hydrogen) atoms. The quantitative estimate of drug-likeness (QED) is 0.671. The summed E-state index contributed by atoms with van der Waals surface area (Å²) in [7, 11) is 5.25. The number of amides is 1. The van der Waals surface area contributed by atoms with Gasteiger partial charge < -0.3 is 19.6 Å². The third kappa shape index (κ3) is 2.59. The molecule has 0 radical (unpaired) electrons. The molecular weight excluding hydrogens is 184 g/mol. The maximum absolute atomic E-state index is 11.3. The average molecular weight is 202 g/mol. The van der Waals surface area contributed by atoms with Crippen LogP contribution in [0.5, 0.6) is 0 Å².